The summed E-state index contributed by atoms with van der Waals surface area (Å²) in [5.74, 6) is 1.43. The minimum Gasteiger partial charge on any atom is -0.512 e. The van der Waals surface area contributed by atoms with Gasteiger partial charge >= 0.3 is 0 Å². The average molecular weight is 412 g/mol. The van der Waals surface area contributed by atoms with Gasteiger partial charge in [-0.15, -0.1) is 0 Å². The molecule has 0 fully saturated rings. The van der Waals surface area contributed by atoms with E-state index in [-0.39, 0.29) is 5.92 Å². The van der Waals surface area contributed by atoms with Crippen LogP contribution in [0.5, 0.6) is 5.75 Å². The minimum atomic E-state index is -0.194. The number of nitrogens with one attached hydrogen (secondary N) is 1. The van der Waals surface area contributed by atoms with Gasteiger partial charge in [0.25, 0.3) is 0 Å². The summed E-state index contributed by atoms with van der Waals surface area (Å²) in [5, 5.41) is 19.5. The lowest BCUT2D eigenvalue weighted by Gasteiger charge is -2.26. The zero-order valence-electron chi connectivity index (χ0n) is 17.9. The molecule has 2 N–H and O–H groups in total. The van der Waals surface area contributed by atoms with Gasteiger partial charge in [0.2, 0.25) is 0 Å². The van der Waals surface area contributed by atoms with Crippen molar-refractivity contribution in [1.29, 1.82) is 5.41 Å². The van der Waals surface area contributed by atoms with Crippen molar-refractivity contribution in [2.24, 2.45) is 5.92 Å². The summed E-state index contributed by atoms with van der Waals surface area (Å²) in [5.41, 5.74) is 5.13. The second-order valence-corrected chi connectivity index (χ2v) is 8.26. The Labute approximate surface area is 184 Å². The van der Waals surface area contributed by atoms with Crippen LogP contribution in [0.2, 0.25) is 0 Å². The molecule has 1 atom stereocenters. The minimum absolute atomic E-state index is 0.194. The van der Waals surface area contributed by atoms with Crippen LogP contribution in [0.1, 0.15) is 41.0 Å². The van der Waals surface area contributed by atoms with Gasteiger partial charge in [0, 0.05) is 12.1 Å². The highest BCUT2D eigenvalue weighted by Gasteiger charge is 2.23. The number of methoxy groups -OCH3 is 1. The van der Waals surface area contributed by atoms with Gasteiger partial charge in [-0.2, -0.15) is 0 Å². The highest BCUT2D eigenvalue weighted by molar-refractivity contribution is 6.00. The van der Waals surface area contributed by atoms with Crippen LogP contribution in [0.25, 0.3) is 0 Å². The first-order chi connectivity index (χ1) is 15.2. The number of rotatable bonds is 7. The maximum Gasteiger partial charge on any atom is 0.122 e. The number of allylic oxidation sites excluding steroid dienone is 2. The smallest absolute Gasteiger partial charge is 0.122 e. The zero-order valence-corrected chi connectivity index (χ0v) is 17.9. The van der Waals surface area contributed by atoms with E-state index in [1.807, 2.05) is 72.8 Å². The predicted octanol–water partition coefficient (Wildman–Crippen LogP) is 6.48. The third-order valence-electron chi connectivity index (χ3n) is 6.16. The van der Waals surface area contributed by atoms with E-state index < -0.39 is 0 Å². The Hall–Kier alpha value is -3.33. The Balaban J connectivity index is 1.51. The molecule has 1 unspecified atom stereocenters. The van der Waals surface area contributed by atoms with Crippen molar-refractivity contribution in [2.75, 3.05) is 7.11 Å². The molecule has 0 saturated carbocycles. The second-order valence-electron chi connectivity index (χ2n) is 8.26. The average Bonchev–Trinajstić information content (AvgIpc) is 2.80. The number of hydrogen-bond donors (Lipinski definition) is 2. The van der Waals surface area contributed by atoms with E-state index >= 15 is 0 Å². The van der Waals surface area contributed by atoms with Crippen molar-refractivity contribution >= 4 is 5.71 Å². The zero-order chi connectivity index (χ0) is 21.6. The topological polar surface area (TPSA) is 53.3 Å². The van der Waals surface area contributed by atoms with Crippen LogP contribution >= 0.6 is 0 Å². The molecular formula is C28H29NO2. The molecule has 0 bridgehead atoms. The summed E-state index contributed by atoms with van der Waals surface area (Å²) >= 11 is 0. The Kier molecular flexibility index (Phi) is 6.51. The van der Waals surface area contributed by atoms with Gasteiger partial charge in [0.1, 0.15) is 5.75 Å². The number of benzene rings is 3. The largest absolute Gasteiger partial charge is 0.512 e. The van der Waals surface area contributed by atoms with Crippen molar-refractivity contribution in [1.82, 2.24) is 0 Å². The molecule has 158 valence electrons. The van der Waals surface area contributed by atoms with Crippen LogP contribution in [0.4, 0.5) is 0 Å². The summed E-state index contributed by atoms with van der Waals surface area (Å²) < 4.78 is 5.50. The fourth-order valence-electron chi connectivity index (χ4n) is 4.67. The van der Waals surface area contributed by atoms with Crippen LogP contribution in [-0.2, 0) is 12.8 Å². The third-order valence-corrected chi connectivity index (χ3v) is 6.16. The molecule has 3 nitrogen and oxygen atoms in total. The van der Waals surface area contributed by atoms with Crippen LogP contribution in [0.3, 0.4) is 0 Å². The molecule has 0 aromatic heterocycles. The first-order valence-corrected chi connectivity index (χ1v) is 10.9. The molecule has 1 aliphatic carbocycles. The van der Waals surface area contributed by atoms with E-state index in [9.17, 15) is 5.11 Å². The quantitative estimate of drug-likeness (QED) is 0.345. The summed E-state index contributed by atoms with van der Waals surface area (Å²) in [4.78, 5) is 0. The van der Waals surface area contributed by atoms with E-state index in [1.54, 1.807) is 13.2 Å². The maximum absolute atomic E-state index is 10.8. The number of aliphatic hydroxyl groups excluding tert-OH is 1. The number of hydrogen-bond acceptors (Lipinski definition) is 3. The second kappa shape index (κ2) is 9.65. The Morgan fingerprint density at radius 2 is 1.65 bits per heavy atom. The Bertz CT molecular complexity index is 1020. The first kappa shape index (κ1) is 20.9. The summed E-state index contributed by atoms with van der Waals surface area (Å²) in [7, 11) is 1.72. The van der Waals surface area contributed by atoms with Gasteiger partial charge in [0.15, 0.2) is 0 Å². The molecule has 3 heteroatoms. The molecule has 0 saturated heterocycles. The molecule has 0 heterocycles. The summed E-state index contributed by atoms with van der Waals surface area (Å²) in [6.45, 7) is 0. The molecule has 31 heavy (non-hydrogen) atoms. The van der Waals surface area contributed by atoms with Crippen molar-refractivity contribution in [2.45, 2.75) is 31.6 Å². The van der Waals surface area contributed by atoms with Crippen LogP contribution < -0.4 is 4.74 Å². The van der Waals surface area contributed by atoms with Gasteiger partial charge in [-0.1, -0.05) is 72.8 Å². The normalized spacial score (nSPS) is 16.1. The number of aliphatic hydroxyl groups is 1. The lowest BCUT2D eigenvalue weighted by Crippen LogP contribution is -2.17. The summed E-state index contributed by atoms with van der Waals surface area (Å²) in [6, 6.07) is 26.3. The van der Waals surface area contributed by atoms with Gasteiger partial charge in [-0.25, -0.2) is 0 Å². The highest BCUT2D eigenvalue weighted by atomic mass is 16.5. The van der Waals surface area contributed by atoms with Crippen LogP contribution in [-0.4, -0.2) is 17.9 Å². The third kappa shape index (κ3) is 4.88. The molecule has 1 aliphatic rings. The molecule has 0 amide bonds. The number of fused-ring (bicyclic) bond motifs is 1. The SMILES string of the molecule is COc1cccc2c1CCC(C/C(O)=C/C(=N)C(c1ccccc1)c1ccccc1)C2. The van der Waals surface area contributed by atoms with Gasteiger partial charge in [-0.3, -0.25) is 0 Å². The fraction of sp³-hybridized carbons (Fsp3) is 0.250. The van der Waals surface area contributed by atoms with E-state index in [2.05, 4.69) is 6.07 Å². The molecule has 0 radical (unpaired) electrons. The van der Waals surface area contributed by atoms with E-state index in [0.717, 1.165) is 36.1 Å². The molecule has 3 aromatic rings. The van der Waals surface area contributed by atoms with Gasteiger partial charge in [0.05, 0.1) is 18.8 Å². The molecule has 0 spiro atoms. The highest BCUT2D eigenvalue weighted by Crippen LogP contribution is 2.34. The van der Waals surface area contributed by atoms with E-state index in [1.165, 1.54) is 11.1 Å². The van der Waals surface area contributed by atoms with E-state index in [0.29, 0.717) is 23.8 Å². The monoisotopic (exact) mass is 411 g/mol. The molecule has 0 aliphatic heterocycles. The Morgan fingerprint density at radius 3 is 2.26 bits per heavy atom. The molecule has 4 rings (SSSR count). The van der Waals surface area contributed by atoms with Crippen molar-refractivity contribution in [3.05, 3.63) is 113 Å². The lowest BCUT2D eigenvalue weighted by atomic mass is 9.81. The van der Waals surface area contributed by atoms with Crippen molar-refractivity contribution in [3.8, 4) is 5.75 Å². The van der Waals surface area contributed by atoms with Gasteiger partial charge in [-0.05, 0) is 59.6 Å². The Morgan fingerprint density at radius 1 is 1.00 bits per heavy atom. The maximum atomic E-state index is 10.8. The first-order valence-electron chi connectivity index (χ1n) is 10.9. The van der Waals surface area contributed by atoms with Crippen LogP contribution in [0.15, 0.2) is 90.7 Å². The fourth-order valence-corrected chi connectivity index (χ4v) is 4.67. The standard InChI is InChI=1S/C28H29NO2/c1-31-27-14-8-13-23-17-20(15-16-25(23)27)18-24(30)19-26(29)28(21-9-4-2-5-10-21)22-11-6-3-7-12-22/h2-14,19-20,28-30H,15-18H2,1H3/b24-19-,29-26?. The number of ether oxygens (including phenoxy) is 1. The van der Waals surface area contributed by atoms with Crippen molar-refractivity contribution in [3.63, 3.8) is 0 Å². The van der Waals surface area contributed by atoms with Crippen LogP contribution in [0, 0.1) is 11.3 Å². The molecular weight excluding hydrogens is 382 g/mol. The summed E-state index contributed by atoms with van der Waals surface area (Å²) in [6.07, 6.45) is 5.16. The van der Waals surface area contributed by atoms with E-state index in [4.69, 9.17) is 10.1 Å². The lowest BCUT2D eigenvalue weighted by molar-refractivity contribution is 0.330. The molecule has 3 aromatic carbocycles. The van der Waals surface area contributed by atoms with Crippen molar-refractivity contribution < 1.29 is 9.84 Å². The predicted molar refractivity (Wildman–Crippen MR) is 126 cm³/mol. The van der Waals surface area contributed by atoms with Gasteiger partial charge < -0.3 is 15.3 Å².